The summed E-state index contributed by atoms with van der Waals surface area (Å²) in [6, 6.07) is 8.81. The summed E-state index contributed by atoms with van der Waals surface area (Å²) in [5.41, 5.74) is 1.83. The van der Waals surface area contributed by atoms with E-state index < -0.39 is 11.9 Å². The summed E-state index contributed by atoms with van der Waals surface area (Å²) in [7, 11) is 5.83. The third kappa shape index (κ3) is 9.42. The molecule has 0 aliphatic heterocycles. The van der Waals surface area contributed by atoms with E-state index in [-0.39, 0.29) is 32.8 Å². The minimum absolute atomic E-state index is 0.0206. The zero-order valence-corrected chi connectivity index (χ0v) is 23.9. The number of Topliss-reactive ketones (excluding diaryl/α,β-unsaturated/α-hetero) is 1. The molecule has 39 heavy (non-hydrogen) atoms. The van der Waals surface area contributed by atoms with Gasteiger partial charge < -0.3 is 37.9 Å². The first-order valence-electron chi connectivity index (χ1n) is 12.6. The molecule has 0 fully saturated rings. The molecule has 0 spiro atoms. The molecule has 0 aliphatic rings. The van der Waals surface area contributed by atoms with Crippen molar-refractivity contribution in [2.24, 2.45) is 5.92 Å². The largest absolute Gasteiger partial charge is 0.481 e. The number of ether oxygens (including phenoxy) is 8. The normalized spacial score (nSPS) is 11.7. The summed E-state index contributed by atoms with van der Waals surface area (Å²) in [4.78, 5) is 25.4. The van der Waals surface area contributed by atoms with Crippen LogP contribution in [0.1, 0.15) is 49.8 Å². The third-order valence-corrected chi connectivity index (χ3v) is 5.79. The Kier molecular flexibility index (Phi) is 13.6. The van der Waals surface area contributed by atoms with Crippen LogP contribution < -0.4 is 18.9 Å². The van der Waals surface area contributed by atoms with Gasteiger partial charge >= 0.3 is 5.97 Å². The van der Waals surface area contributed by atoms with Gasteiger partial charge in [-0.25, -0.2) is 4.79 Å². The number of carbonyl (C=O) groups excluding carboxylic acids is 2. The fourth-order valence-corrected chi connectivity index (χ4v) is 3.95. The monoisotopic (exact) mass is 548 g/mol. The quantitative estimate of drug-likeness (QED) is 0.195. The highest BCUT2D eigenvalue weighted by molar-refractivity contribution is 5.89. The number of carbonyl (C=O) groups is 2. The summed E-state index contributed by atoms with van der Waals surface area (Å²) in [5.74, 6) is 0.514. The summed E-state index contributed by atoms with van der Waals surface area (Å²) >= 11 is 0. The number of esters is 1. The van der Waals surface area contributed by atoms with Crippen LogP contribution >= 0.6 is 0 Å². The molecule has 10 nitrogen and oxygen atoms in total. The third-order valence-electron chi connectivity index (χ3n) is 5.79. The van der Waals surface area contributed by atoms with Gasteiger partial charge in [0, 0.05) is 33.0 Å². The Hall–Kier alpha value is -3.34. The van der Waals surface area contributed by atoms with E-state index in [1.54, 1.807) is 30.3 Å². The fourth-order valence-electron chi connectivity index (χ4n) is 3.95. The second-order valence-corrected chi connectivity index (χ2v) is 9.16. The predicted octanol–water partition coefficient (Wildman–Crippen LogP) is 4.50. The Bertz CT molecular complexity index is 1050. The molecule has 2 aromatic carbocycles. The molecule has 1 atom stereocenters. The van der Waals surface area contributed by atoms with Crippen LogP contribution in [0.4, 0.5) is 0 Å². The highest BCUT2D eigenvalue weighted by Crippen LogP contribution is 2.47. The molecule has 0 radical (unpaired) electrons. The van der Waals surface area contributed by atoms with E-state index in [1.807, 2.05) is 0 Å². The van der Waals surface area contributed by atoms with Gasteiger partial charge in [-0.05, 0) is 43.4 Å². The van der Waals surface area contributed by atoms with Crippen molar-refractivity contribution in [1.82, 2.24) is 0 Å². The average molecular weight is 549 g/mol. The number of methoxy groups -OCH3 is 4. The fraction of sp³-hybridized carbons (Fsp3) is 0.517. The first-order valence-corrected chi connectivity index (χ1v) is 12.6. The number of hydrogen-bond acceptors (Lipinski definition) is 10. The molecule has 10 heteroatoms. The highest BCUT2D eigenvalue weighted by atomic mass is 16.7. The lowest BCUT2D eigenvalue weighted by molar-refractivity contribution is -0.142. The van der Waals surface area contributed by atoms with Crippen molar-refractivity contribution >= 4 is 11.8 Å². The van der Waals surface area contributed by atoms with Gasteiger partial charge in [-0.15, -0.1) is 0 Å². The Labute approximate surface area is 230 Å². The van der Waals surface area contributed by atoms with Crippen molar-refractivity contribution < 1.29 is 47.5 Å². The van der Waals surface area contributed by atoms with Crippen molar-refractivity contribution in [3.63, 3.8) is 0 Å². The molecule has 0 aliphatic carbocycles. The Morgan fingerprint density at radius 3 is 1.92 bits per heavy atom. The summed E-state index contributed by atoms with van der Waals surface area (Å²) in [6.07, 6.45) is 1.35. The first-order chi connectivity index (χ1) is 18.8. The zero-order valence-electron chi connectivity index (χ0n) is 23.9. The maximum absolute atomic E-state index is 13.3. The Balaban J connectivity index is 2.82. The SMILES string of the molecule is COCOc1ccc(C(C(C)=O)c2c(OCOC)cc(OCOC)c(CCC(C)C)c2OCC(=O)OC)cc1. The van der Waals surface area contributed by atoms with E-state index >= 15 is 0 Å². The maximum atomic E-state index is 13.3. The van der Waals surface area contributed by atoms with Crippen LogP contribution in [-0.4, -0.2) is 67.2 Å². The Morgan fingerprint density at radius 2 is 1.38 bits per heavy atom. The second kappa shape index (κ2) is 16.6. The van der Waals surface area contributed by atoms with Crippen molar-refractivity contribution in [1.29, 1.82) is 0 Å². The van der Waals surface area contributed by atoms with Gasteiger partial charge in [0.25, 0.3) is 0 Å². The van der Waals surface area contributed by atoms with Crippen LogP contribution in [0.5, 0.6) is 23.0 Å². The van der Waals surface area contributed by atoms with Gasteiger partial charge in [0.2, 0.25) is 0 Å². The Morgan fingerprint density at radius 1 is 0.795 bits per heavy atom. The van der Waals surface area contributed by atoms with Crippen LogP contribution in [0.3, 0.4) is 0 Å². The van der Waals surface area contributed by atoms with E-state index in [0.717, 1.165) is 6.42 Å². The maximum Gasteiger partial charge on any atom is 0.343 e. The van der Waals surface area contributed by atoms with E-state index in [0.29, 0.717) is 52.0 Å². The molecule has 216 valence electrons. The van der Waals surface area contributed by atoms with E-state index in [1.165, 1.54) is 35.4 Å². The zero-order chi connectivity index (χ0) is 28.8. The van der Waals surface area contributed by atoms with E-state index in [9.17, 15) is 9.59 Å². The van der Waals surface area contributed by atoms with Crippen LogP contribution in [-0.2, 0) is 35.0 Å². The predicted molar refractivity (Wildman–Crippen MR) is 144 cm³/mol. The van der Waals surface area contributed by atoms with Crippen molar-refractivity contribution in [3.05, 3.63) is 47.0 Å². The van der Waals surface area contributed by atoms with Gasteiger partial charge in [-0.3, -0.25) is 4.79 Å². The molecule has 0 saturated carbocycles. The molecule has 0 amide bonds. The summed E-state index contributed by atoms with van der Waals surface area (Å²) in [5, 5.41) is 0. The summed E-state index contributed by atoms with van der Waals surface area (Å²) < 4.78 is 43.6. The van der Waals surface area contributed by atoms with Crippen LogP contribution in [0.25, 0.3) is 0 Å². The van der Waals surface area contributed by atoms with E-state index in [2.05, 4.69) is 13.8 Å². The van der Waals surface area contributed by atoms with Crippen LogP contribution in [0.15, 0.2) is 30.3 Å². The lowest BCUT2D eigenvalue weighted by Gasteiger charge is -2.26. The molecule has 0 aromatic heterocycles. The molecule has 2 aromatic rings. The standard InChI is InChI=1S/C29H40O10/c1-19(2)8-13-23-24(38-17-33-5)14-25(39-18-34-6)28(29(23)36-15-26(31)35-7)27(20(3)30)21-9-11-22(12-10-21)37-16-32-4/h9-12,14,19,27H,8,13,15-18H2,1-7H3. The van der Waals surface area contributed by atoms with Crippen molar-refractivity contribution in [3.8, 4) is 23.0 Å². The van der Waals surface area contributed by atoms with E-state index in [4.69, 9.17) is 37.9 Å². The number of benzene rings is 2. The van der Waals surface area contributed by atoms with Gasteiger partial charge in [-0.2, -0.15) is 0 Å². The van der Waals surface area contributed by atoms with Crippen molar-refractivity contribution in [2.75, 3.05) is 55.4 Å². The second-order valence-electron chi connectivity index (χ2n) is 9.16. The van der Waals surface area contributed by atoms with Gasteiger partial charge in [0.1, 0.15) is 28.8 Å². The minimum atomic E-state index is -0.796. The topological polar surface area (TPSA) is 108 Å². The van der Waals surface area contributed by atoms with Gasteiger partial charge in [-0.1, -0.05) is 26.0 Å². The molecular formula is C29H40O10. The molecule has 0 saturated heterocycles. The van der Waals surface area contributed by atoms with Crippen LogP contribution in [0, 0.1) is 5.92 Å². The number of ketones is 1. The number of rotatable bonds is 18. The van der Waals surface area contributed by atoms with Gasteiger partial charge in [0.15, 0.2) is 27.0 Å². The van der Waals surface area contributed by atoms with Gasteiger partial charge in [0.05, 0.1) is 18.6 Å². The summed E-state index contributed by atoms with van der Waals surface area (Å²) in [6.45, 7) is 5.32. The smallest absolute Gasteiger partial charge is 0.343 e. The highest BCUT2D eigenvalue weighted by Gasteiger charge is 2.32. The molecule has 0 bridgehead atoms. The minimum Gasteiger partial charge on any atom is -0.481 e. The first kappa shape index (κ1) is 31.9. The van der Waals surface area contributed by atoms with Crippen molar-refractivity contribution in [2.45, 2.75) is 39.5 Å². The molecule has 2 rings (SSSR count). The molecule has 1 unspecified atom stereocenters. The van der Waals surface area contributed by atoms with Crippen LogP contribution in [0.2, 0.25) is 0 Å². The lowest BCUT2D eigenvalue weighted by Crippen LogP contribution is -2.20. The lowest BCUT2D eigenvalue weighted by atomic mass is 9.84. The average Bonchev–Trinajstić information content (AvgIpc) is 2.92. The molecule has 0 heterocycles. The molecular weight excluding hydrogens is 508 g/mol. The molecule has 0 N–H and O–H groups in total. The number of hydrogen-bond donors (Lipinski definition) is 0.